The third-order valence-corrected chi connectivity index (χ3v) is 12.4. The van der Waals surface area contributed by atoms with Crippen molar-refractivity contribution in [2.24, 2.45) is 5.92 Å². The smallest absolute Gasteiger partial charge is 0.191 e. The van der Waals surface area contributed by atoms with Crippen LogP contribution in [0, 0.1) is 12.8 Å². The molecule has 2 rings (SSSR count). The Morgan fingerprint density at radius 2 is 1.81 bits per heavy atom. The Kier molecular flexibility index (Phi) is 6.40. The molecule has 0 aliphatic heterocycles. The van der Waals surface area contributed by atoms with Crippen LogP contribution in [-0.2, 0) is 14.3 Å². The largest absolute Gasteiger partial charge is 0.417 e. The van der Waals surface area contributed by atoms with E-state index in [0.29, 0.717) is 16.7 Å². The molecule has 0 saturated carbocycles. The zero-order chi connectivity index (χ0) is 20.8. The van der Waals surface area contributed by atoms with Gasteiger partial charge in [0.25, 0.3) is 0 Å². The van der Waals surface area contributed by atoms with Crippen molar-refractivity contribution in [1.82, 2.24) is 0 Å². The fourth-order valence-corrected chi connectivity index (χ4v) is 6.16. The summed E-state index contributed by atoms with van der Waals surface area (Å²) in [4.78, 5) is 0.534. The van der Waals surface area contributed by atoms with E-state index in [1.165, 1.54) is 11.8 Å². The number of hydrogen-bond acceptors (Lipinski definition) is 3. The molecule has 0 heterocycles. The Morgan fingerprint density at radius 3 is 2.33 bits per heavy atom. The van der Waals surface area contributed by atoms with E-state index in [2.05, 4.69) is 53.8 Å². The molecular formula is C22H38O3SSi. The number of fused-ring (bicyclic) bond motifs is 1. The van der Waals surface area contributed by atoms with Crippen LogP contribution in [0.1, 0.15) is 76.0 Å². The van der Waals surface area contributed by atoms with Gasteiger partial charge in [0.2, 0.25) is 0 Å². The van der Waals surface area contributed by atoms with Gasteiger partial charge in [-0.25, -0.2) is 8.42 Å². The molecule has 1 aromatic carbocycles. The summed E-state index contributed by atoms with van der Waals surface area (Å²) in [5, 5.41) is 0.200. The van der Waals surface area contributed by atoms with E-state index in [4.69, 9.17) is 4.43 Å². The summed E-state index contributed by atoms with van der Waals surface area (Å²) in [6.45, 7) is 18.6. The summed E-state index contributed by atoms with van der Waals surface area (Å²) in [5.74, 6) is 1.02. The van der Waals surface area contributed by atoms with Crippen LogP contribution in [-0.4, -0.2) is 29.6 Å². The van der Waals surface area contributed by atoms with Gasteiger partial charge in [-0.2, -0.15) is 0 Å². The second-order valence-corrected chi connectivity index (χ2v) is 17.0. The first kappa shape index (κ1) is 22.6. The van der Waals surface area contributed by atoms with Crippen LogP contribution >= 0.6 is 0 Å². The third-order valence-electron chi connectivity index (χ3n) is 6.72. The van der Waals surface area contributed by atoms with Crippen molar-refractivity contribution in [2.45, 2.75) is 89.2 Å². The highest BCUT2D eigenvalue weighted by Gasteiger charge is 2.39. The lowest BCUT2D eigenvalue weighted by molar-refractivity contribution is 0.208. The van der Waals surface area contributed by atoms with Gasteiger partial charge in [0, 0.05) is 12.9 Å². The maximum Gasteiger partial charge on any atom is 0.191 e. The average Bonchev–Trinajstić information content (AvgIpc) is 2.50. The van der Waals surface area contributed by atoms with Crippen molar-refractivity contribution in [3.63, 3.8) is 0 Å². The molecule has 3 nitrogen and oxygen atoms in total. The second kappa shape index (κ2) is 7.64. The number of hydrogen-bond donors (Lipinski definition) is 0. The monoisotopic (exact) mass is 410 g/mol. The maximum absolute atomic E-state index is 12.4. The molecule has 0 spiro atoms. The first-order valence-corrected chi connectivity index (χ1v) is 14.9. The summed E-state index contributed by atoms with van der Waals surface area (Å²) in [5.41, 5.74) is 3.32. The Bertz CT molecular complexity index is 791. The molecule has 0 bridgehead atoms. The first-order chi connectivity index (χ1) is 12.1. The van der Waals surface area contributed by atoms with Gasteiger partial charge < -0.3 is 4.43 Å². The minimum Gasteiger partial charge on any atom is -0.417 e. The molecule has 3 atom stereocenters. The van der Waals surface area contributed by atoms with Crippen molar-refractivity contribution in [3.05, 3.63) is 28.8 Å². The first-order valence-electron chi connectivity index (χ1n) is 10.1. The van der Waals surface area contributed by atoms with Crippen LogP contribution in [0.15, 0.2) is 17.0 Å². The SMILES string of the molecule is Cc1cc2c(c(S(C)(=O)=O)c1)[C@H](C)CC[C@H]2[C@H](C)CO[Si](C)(C)C(C)(C)C. The fourth-order valence-electron chi connectivity index (χ4n) is 3.93. The molecule has 1 aliphatic rings. The highest BCUT2D eigenvalue weighted by molar-refractivity contribution is 7.90. The maximum atomic E-state index is 12.4. The molecule has 1 aliphatic carbocycles. The minimum atomic E-state index is -3.23. The molecule has 0 amide bonds. The zero-order valence-electron chi connectivity index (χ0n) is 18.6. The van der Waals surface area contributed by atoms with Crippen LogP contribution in [0.3, 0.4) is 0 Å². The van der Waals surface area contributed by atoms with Crippen molar-refractivity contribution in [1.29, 1.82) is 0 Å². The molecule has 27 heavy (non-hydrogen) atoms. The predicted octanol–water partition coefficient (Wildman–Crippen LogP) is 6.04. The van der Waals surface area contributed by atoms with Gasteiger partial charge in [0.05, 0.1) is 4.90 Å². The highest BCUT2D eigenvalue weighted by atomic mass is 32.2. The minimum absolute atomic E-state index is 0.200. The Morgan fingerprint density at radius 1 is 1.22 bits per heavy atom. The van der Waals surface area contributed by atoms with Crippen molar-refractivity contribution in [2.75, 3.05) is 12.9 Å². The molecule has 154 valence electrons. The zero-order valence-corrected chi connectivity index (χ0v) is 20.5. The molecule has 0 radical (unpaired) electrons. The molecule has 1 aromatic rings. The molecule has 0 unspecified atom stereocenters. The van der Waals surface area contributed by atoms with Gasteiger partial charge in [-0.1, -0.05) is 40.7 Å². The van der Waals surface area contributed by atoms with E-state index in [9.17, 15) is 8.42 Å². The summed E-state index contributed by atoms with van der Waals surface area (Å²) >= 11 is 0. The molecular weight excluding hydrogens is 372 g/mol. The van der Waals surface area contributed by atoms with Crippen LogP contribution in [0.4, 0.5) is 0 Å². The fraction of sp³-hybridized carbons (Fsp3) is 0.727. The van der Waals surface area contributed by atoms with Crippen LogP contribution in [0.5, 0.6) is 0 Å². The number of sulfone groups is 1. The molecule has 0 saturated heterocycles. The third kappa shape index (κ3) is 4.85. The van der Waals surface area contributed by atoms with Gasteiger partial charge in [-0.05, 0) is 78.4 Å². The Balaban J connectivity index is 2.37. The van der Waals surface area contributed by atoms with Gasteiger partial charge in [0.15, 0.2) is 18.2 Å². The van der Waals surface area contributed by atoms with Crippen LogP contribution < -0.4 is 0 Å². The van der Waals surface area contributed by atoms with E-state index >= 15 is 0 Å². The van der Waals surface area contributed by atoms with E-state index < -0.39 is 18.2 Å². The summed E-state index contributed by atoms with van der Waals surface area (Å²) in [6.07, 6.45) is 3.47. The molecule has 5 heteroatoms. The van der Waals surface area contributed by atoms with Gasteiger partial charge >= 0.3 is 0 Å². The second-order valence-electron chi connectivity index (χ2n) is 10.2. The van der Waals surface area contributed by atoms with Crippen molar-refractivity contribution >= 4 is 18.2 Å². The summed E-state index contributed by atoms with van der Waals surface area (Å²) < 4.78 is 31.4. The molecule has 0 aromatic heterocycles. The van der Waals surface area contributed by atoms with E-state index in [1.54, 1.807) is 0 Å². The normalized spacial score (nSPS) is 22.4. The number of aryl methyl sites for hydroxylation is 1. The van der Waals surface area contributed by atoms with Gasteiger partial charge in [-0.3, -0.25) is 0 Å². The Hall–Kier alpha value is -0.653. The van der Waals surface area contributed by atoms with E-state index in [0.717, 1.165) is 30.6 Å². The standard InChI is InChI=1S/C22H38O3SSi/c1-15-12-19-18(17(3)14-25-27(8,9)22(4,5)6)11-10-16(2)21(19)20(13-15)26(7,23)24/h12-13,16-18H,10-11,14H2,1-9H3/t16-,17-,18+/m1/s1. The van der Waals surface area contributed by atoms with Crippen LogP contribution in [0.25, 0.3) is 0 Å². The van der Waals surface area contributed by atoms with Gasteiger partial charge in [0.1, 0.15) is 0 Å². The number of benzene rings is 1. The molecule has 0 N–H and O–H groups in total. The van der Waals surface area contributed by atoms with Crippen LogP contribution in [0.2, 0.25) is 18.1 Å². The topological polar surface area (TPSA) is 43.4 Å². The average molecular weight is 411 g/mol. The highest BCUT2D eigenvalue weighted by Crippen LogP contribution is 2.46. The quantitative estimate of drug-likeness (QED) is 0.556. The lowest BCUT2D eigenvalue weighted by Crippen LogP contribution is -2.42. The van der Waals surface area contributed by atoms with E-state index in [-0.39, 0.29) is 11.0 Å². The summed E-state index contributed by atoms with van der Waals surface area (Å²) in [6, 6.07) is 4.07. The van der Waals surface area contributed by atoms with E-state index in [1.807, 2.05) is 13.0 Å². The molecule has 0 fully saturated rings. The lowest BCUT2D eigenvalue weighted by atomic mass is 9.72. The Labute approximate surface area is 168 Å². The number of rotatable bonds is 5. The predicted molar refractivity (Wildman–Crippen MR) is 117 cm³/mol. The van der Waals surface area contributed by atoms with Crippen molar-refractivity contribution < 1.29 is 12.8 Å². The van der Waals surface area contributed by atoms with Crippen molar-refractivity contribution in [3.8, 4) is 0 Å². The summed E-state index contributed by atoms with van der Waals surface area (Å²) in [7, 11) is -5.01. The van der Waals surface area contributed by atoms with Gasteiger partial charge in [-0.15, -0.1) is 0 Å². The lowest BCUT2D eigenvalue weighted by Gasteiger charge is -2.39.